The Morgan fingerprint density at radius 1 is 0.857 bits per heavy atom. The van der Waals surface area contributed by atoms with Gasteiger partial charge in [-0.3, -0.25) is 0 Å². The van der Waals surface area contributed by atoms with Crippen LogP contribution in [0.3, 0.4) is 0 Å². The van der Waals surface area contributed by atoms with Crippen molar-refractivity contribution in [3.05, 3.63) is 89.6 Å². The Morgan fingerprint density at radius 2 is 1.61 bits per heavy atom. The van der Waals surface area contributed by atoms with Crippen molar-refractivity contribution in [3.8, 4) is 22.4 Å². The first-order chi connectivity index (χ1) is 13.9. The zero-order valence-electron chi connectivity index (χ0n) is 18.4. The summed E-state index contributed by atoms with van der Waals surface area (Å²) in [5, 5.41) is 2.32. The SMILES string of the molecule is [2H]c1cc2ccc(C)cc2c(-c2cc(-c3ccccc3)cc(C(C)C)c2C)[n+]1C. The molecule has 1 heteroatoms. The number of aromatic nitrogens is 1. The number of rotatable bonds is 3. The van der Waals surface area contributed by atoms with Crippen LogP contribution in [0, 0.1) is 13.8 Å². The van der Waals surface area contributed by atoms with Gasteiger partial charge >= 0.3 is 0 Å². The summed E-state index contributed by atoms with van der Waals surface area (Å²) in [7, 11) is 2.00. The smallest absolute Gasteiger partial charge is 0.200 e. The zero-order valence-corrected chi connectivity index (χ0v) is 17.4. The molecule has 0 fully saturated rings. The predicted molar refractivity (Wildman–Crippen MR) is 120 cm³/mol. The molecule has 0 spiro atoms. The van der Waals surface area contributed by atoms with Crippen molar-refractivity contribution in [3.63, 3.8) is 0 Å². The molecule has 0 atom stereocenters. The molecule has 0 unspecified atom stereocenters. The van der Waals surface area contributed by atoms with Crippen LogP contribution in [0.4, 0.5) is 0 Å². The lowest BCUT2D eigenvalue weighted by atomic mass is 9.87. The molecule has 140 valence electrons. The van der Waals surface area contributed by atoms with Crippen LogP contribution in [-0.4, -0.2) is 0 Å². The van der Waals surface area contributed by atoms with Gasteiger partial charge < -0.3 is 0 Å². The number of hydrogen-bond acceptors (Lipinski definition) is 0. The molecule has 0 amide bonds. The molecule has 0 saturated carbocycles. The summed E-state index contributed by atoms with van der Waals surface area (Å²) in [6, 6.07) is 23.7. The molecule has 0 saturated heterocycles. The molecule has 0 aliphatic carbocycles. The molecule has 1 heterocycles. The van der Waals surface area contributed by atoms with Crippen LogP contribution in [0.15, 0.2) is 72.9 Å². The summed E-state index contributed by atoms with van der Waals surface area (Å²) in [6.45, 7) is 8.86. The molecule has 1 aromatic heterocycles. The van der Waals surface area contributed by atoms with Crippen molar-refractivity contribution in [1.82, 2.24) is 0 Å². The second kappa shape index (κ2) is 7.24. The van der Waals surface area contributed by atoms with Crippen molar-refractivity contribution >= 4 is 10.8 Å². The molecule has 0 radical (unpaired) electrons. The highest BCUT2D eigenvalue weighted by Crippen LogP contribution is 2.36. The van der Waals surface area contributed by atoms with Crippen LogP contribution in [0.2, 0.25) is 0 Å². The van der Waals surface area contributed by atoms with E-state index in [1.807, 2.05) is 17.7 Å². The highest BCUT2D eigenvalue weighted by molar-refractivity contribution is 5.95. The van der Waals surface area contributed by atoms with Gasteiger partial charge in [0, 0.05) is 6.07 Å². The third kappa shape index (κ3) is 3.22. The Kier molecular flexibility index (Phi) is 4.44. The van der Waals surface area contributed by atoms with E-state index in [0.29, 0.717) is 12.1 Å². The number of aryl methyl sites for hydroxylation is 1. The van der Waals surface area contributed by atoms with Crippen LogP contribution < -0.4 is 4.57 Å². The van der Waals surface area contributed by atoms with E-state index in [1.165, 1.54) is 38.8 Å². The Bertz CT molecular complexity index is 1210. The summed E-state index contributed by atoms with van der Waals surface area (Å²) in [4.78, 5) is 0. The fourth-order valence-electron chi connectivity index (χ4n) is 4.12. The molecular weight excluding hydrogens is 338 g/mol. The highest BCUT2D eigenvalue weighted by atomic mass is 14.9. The van der Waals surface area contributed by atoms with Crippen LogP contribution in [0.1, 0.15) is 37.8 Å². The molecule has 0 aliphatic rings. The largest absolute Gasteiger partial charge is 0.220 e. The first-order valence-corrected chi connectivity index (χ1v) is 9.97. The standard InChI is InChI=1S/C27H28N/c1-18(2)24-16-23(21-9-7-6-8-10-21)17-25(20(24)4)27-26-15-19(3)11-12-22(26)13-14-28(27)5/h6-18H,1-5H3/q+1/i14D. The third-order valence-corrected chi connectivity index (χ3v) is 5.65. The van der Waals surface area contributed by atoms with Crippen LogP contribution in [0.25, 0.3) is 33.2 Å². The molecular formula is C27H28N+. The van der Waals surface area contributed by atoms with Gasteiger partial charge in [0.1, 0.15) is 8.42 Å². The summed E-state index contributed by atoms with van der Waals surface area (Å²) < 4.78 is 10.6. The maximum atomic E-state index is 8.53. The fourth-order valence-corrected chi connectivity index (χ4v) is 4.12. The van der Waals surface area contributed by atoms with Crippen LogP contribution in [-0.2, 0) is 7.05 Å². The normalized spacial score (nSPS) is 11.9. The molecule has 0 N–H and O–H groups in total. The second-order valence-corrected chi connectivity index (χ2v) is 8.03. The minimum atomic E-state index is 0.426. The average molecular weight is 368 g/mol. The summed E-state index contributed by atoms with van der Waals surface area (Å²) in [5.41, 5.74) is 8.67. The molecule has 4 aromatic rings. The zero-order chi connectivity index (χ0) is 20.7. The Morgan fingerprint density at radius 3 is 2.32 bits per heavy atom. The monoisotopic (exact) mass is 367 g/mol. The molecule has 28 heavy (non-hydrogen) atoms. The molecule has 0 aliphatic heterocycles. The van der Waals surface area contributed by atoms with Gasteiger partial charge in [-0.25, -0.2) is 4.57 Å². The Labute approximate surface area is 169 Å². The Balaban J connectivity index is 2.12. The summed E-state index contributed by atoms with van der Waals surface area (Å²) >= 11 is 0. The van der Waals surface area contributed by atoms with Crippen molar-refractivity contribution in [1.29, 1.82) is 0 Å². The van der Waals surface area contributed by atoms with Gasteiger partial charge in [0.15, 0.2) is 6.17 Å². The number of fused-ring (bicyclic) bond motifs is 1. The van der Waals surface area contributed by atoms with Crippen molar-refractivity contribution in [2.75, 3.05) is 0 Å². The second-order valence-electron chi connectivity index (χ2n) is 8.03. The lowest BCUT2D eigenvalue weighted by Crippen LogP contribution is -2.31. The highest BCUT2D eigenvalue weighted by Gasteiger charge is 2.21. The van der Waals surface area contributed by atoms with Gasteiger partial charge in [0.05, 0.1) is 10.9 Å². The van der Waals surface area contributed by atoms with Crippen LogP contribution in [0.5, 0.6) is 0 Å². The molecule has 1 nitrogen and oxygen atoms in total. The number of hydrogen-bond donors (Lipinski definition) is 0. The third-order valence-electron chi connectivity index (χ3n) is 5.65. The summed E-state index contributed by atoms with van der Waals surface area (Å²) in [5.74, 6) is 0.426. The quantitative estimate of drug-likeness (QED) is 0.353. The first-order valence-electron chi connectivity index (χ1n) is 10.5. The molecule has 0 bridgehead atoms. The minimum Gasteiger partial charge on any atom is -0.200 e. The van der Waals surface area contributed by atoms with Crippen LogP contribution >= 0.6 is 0 Å². The first kappa shape index (κ1) is 17.2. The van der Waals surface area contributed by atoms with E-state index in [4.69, 9.17) is 1.37 Å². The van der Waals surface area contributed by atoms with E-state index < -0.39 is 0 Å². The van der Waals surface area contributed by atoms with E-state index in [-0.39, 0.29) is 0 Å². The minimum absolute atomic E-state index is 0.426. The van der Waals surface area contributed by atoms with Gasteiger partial charge in [-0.15, -0.1) is 0 Å². The van der Waals surface area contributed by atoms with E-state index in [1.54, 1.807) is 0 Å². The number of nitrogens with zero attached hydrogens (tertiary/aromatic N) is 1. The molecule has 3 aromatic carbocycles. The van der Waals surface area contributed by atoms with E-state index in [2.05, 4.69) is 88.4 Å². The maximum absolute atomic E-state index is 8.53. The molecule has 4 rings (SSSR count). The fraction of sp³-hybridized carbons (Fsp3) is 0.222. The van der Waals surface area contributed by atoms with Crippen molar-refractivity contribution < 1.29 is 5.94 Å². The van der Waals surface area contributed by atoms with Gasteiger partial charge in [0.25, 0.3) is 0 Å². The number of pyridine rings is 1. The Hall–Kier alpha value is -2.93. The van der Waals surface area contributed by atoms with Crippen molar-refractivity contribution in [2.45, 2.75) is 33.6 Å². The van der Waals surface area contributed by atoms with Gasteiger partial charge in [-0.2, -0.15) is 0 Å². The van der Waals surface area contributed by atoms with Gasteiger partial charge in [0.2, 0.25) is 5.69 Å². The van der Waals surface area contributed by atoms with Gasteiger partial charge in [-0.1, -0.05) is 67.9 Å². The van der Waals surface area contributed by atoms with E-state index in [9.17, 15) is 0 Å². The van der Waals surface area contributed by atoms with Crippen molar-refractivity contribution in [2.24, 2.45) is 7.05 Å². The number of benzene rings is 3. The van der Waals surface area contributed by atoms with E-state index >= 15 is 0 Å². The summed E-state index contributed by atoms with van der Waals surface area (Å²) in [6.07, 6.45) is 0.520. The lowest BCUT2D eigenvalue weighted by molar-refractivity contribution is -0.659. The topological polar surface area (TPSA) is 3.88 Å². The van der Waals surface area contributed by atoms with E-state index in [0.717, 1.165) is 11.1 Å². The maximum Gasteiger partial charge on any atom is 0.220 e. The predicted octanol–water partition coefficient (Wildman–Crippen LogP) is 6.74. The van der Waals surface area contributed by atoms with Gasteiger partial charge in [-0.05, 0) is 59.5 Å². The lowest BCUT2D eigenvalue weighted by Gasteiger charge is -2.17. The average Bonchev–Trinajstić information content (AvgIpc) is 2.70.